The molecule has 0 spiro atoms. The van der Waals surface area contributed by atoms with Gasteiger partial charge in [-0.05, 0) is 76.4 Å². The molecule has 0 aromatic carbocycles. The highest BCUT2D eigenvalue weighted by molar-refractivity contribution is 4.89. The third-order valence-corrected chi connectivity index (χ3v) is 5.85. The van der Waals surface area contributed by atoms with Crippen molar-refractivity contribution in [3.63, 3.8) is 0 Å². The van der Waals surface area contributed by atoms with Gasteiger partial charge in [-0.15, -0.1) is 0 Å². The van der Waals surface area contributed by atoms with Crippen LogP contribution in [0.3, 0.4) is 0 Å². The van der Waals surface area contributed by atoms with E-state index in [9.17, 15) is 0 Å². The fraction of sp³-hybridized carbons (Fsp3) is 1.00. The summed E-state index contributed by atoms with van der Waals surface area (Å²) in [4.78, 5) is 2.82. The molecular formula is C16H30N2. The third kappa shape index (κ3) is 2.75. The zero-order valence-corrected chi connectivity index (χ0v) is 12.0. The van der Waals surface area contributed by atoms with E-state index in [0.717, 1.165) is 23.9 Å². The van der Waals surface area contributed by atoms with Crippen molar-refractivity contribution in [2.24, 2.45) is 11.8 Å². The summed E-state index contributed by atoms with van der Waals surface area (Å²) < 4.78 is 0. The second kappa shape index (κ2) is 5.92. The van der Waals surface area contributed by atoms with E-state index >= 15 is 0 Å². The molecule has 0 radical (unpaired) electrons. The quantitative estimate of drug-likeness (QED) is 0.828. The molecule has 104 valence electrons. The highest BCUT2D eigenvalue weighted by atomic mass is 15.2. The summed E-state index contributed by atoms with van der Waals surface area (Å²) in [6.45, 7) is 6.39. The molecule has 2 saturated heterocycles. The first kappa shape index (κ1) is 12.9. The van der Waals surface area contributed by atoms with Crippen LogP contribution < -0.4 is 5.32 Å². The van der Waals surface area contributed by atoms with Gasteiger partial charge in [-0.3, -0.25) is 0 Å². The summed E-state index contributed by atoms with van der Waals surface area (Å²) in [6, 6.07) is 1.80. The van der Waals surface area contributed by atoms with Crippen molar-refractivity contribution < 1.29 is 0 Å². The molecule has 18 heavy (non-hydrogen) atoms. The van der Waals surface area contributed by atoms with Crippen molar-refractivity contribution in [3.05, 3.63) is 0 Å². The Morgan fingerprint density at radius 3 is 2.50 bits per heavy atom. The van der Waals surface area contributed by atoms with Crippen LogP contribution in [0.4, 0.5) is 0 Å². The topological polar surface area (TPSA) is 15.3 Å². The predicted molar refractivity (Wildman–Crippen MR) is 76.7 cm³/mol. The highest BCUT2D eigenvalue weighted by Crippen LogP contribution is 2.34. The van der Waals surface area contributed by atoms with Crippen molar-refractivity contribution in [2.75, 3.05) is 19.6 Å². The molecule has 2 heteroatoms. The van der Waals surface area contributed by atoms with E-state index in [0.29, 0.717) is 0 Å². The SMILES string of the molecule is CCC1CCC(N2CCC(C3CCCN3)CC2)C1. The van der Waals surface area contributed by atoms with Crippen molar-refractivity contribution in [1.29, 1.82) is 0 Å². The standard InChI is InChI=1S/C16H30N2/c1-2-13-5-6-15(12-13)18-10-7-14(8-11-18)16-4-3-9-17-16/h13-17H,2-12H2,1H3. The van der Waals surface area contributed by atoms with E-state index in [-0.39, 0.29) is 0 Å². The first-order valence-corrected chi connectivity index (χ1v) is 8.34. The molecule has 3 atom stereocenters. The molecule has 3 rings (SSSR count). The van der Waals surface area contributed by atoms with Gasteiger partial charge >= 0.3 is 0 Å². The normalized spacial score (nSPS) is 39.5. The van der Waals surface area contributed by atoms with Crippen LogP contribution in [0.25, 0.3) is 0 Å². The van der Waals surface area contributed by atoms with Crippen LogP contribution in [0.5, 0.6) is 0 Å². The fourth-order valence-corrected chi connectivity index (χ4v) is 4.55. The molecule has 2 aliphatic heterocycles. The maximum atomic E-state index is 3.71. The second-order valence-corrected chi connectivity index (χ2v) is 6.82. The maximum absolute atomic E-state index is 3.71. The zero-order valence-electron chi connectivity index (χ0n) is 12.0. The lowest BCUT2D eigenvalue weighted by atomic mass is 9.88. The highest BCUT2D eigenvalue weighted by Gasteiger charge is 2.33. The lowest BCUT2D eigenvalue weighted by molar-refractivity contribution is 0.118. The Morgan fingerprint density at radius 1 is 1.06 bits per heavy atom. The van der Waals surface area contributed by atoms with Gasteiger partial charge in [0.05, 0.1) is 0 Å². The summed E-state index contributed by atoms with van der Waals surface area (Å²) in [5.41, 5.74) is 0. The van der Waals surface area contributed by atoms with Crippen LogP contribution in [0, 0.1) is 11.8 Å². The van der Waals surface area contributed by atoms with E-state index in [4.69, 9.17) is 0 Å². The van der Waals surface area contributed by atoms with Gasteiger partial charge in [-0.1, -0.05) is 13.3 Å². The molecular weight excluding hydrogens is 220 g/mol. The van der Waals surface area contributed by atoms with E-state index in [1.165, 1.54) is 71.0 Å². The molecule has 3 fully saturated rings. The minimum absolute atomic E-state index is 0.860. The van der Waals surface area contributed by atoms with E-state index < -0.39 is 0 Å². The number of rotatable bonds is 3. The lowest BCUT2D eigenvalue weighted by Gasteiger charge is -2.38. The summed E-state index contributed by atoms with van der Waals surface area (Å²) in [7, 11) is 0. The summed E-state index contributed by atoms with van der Waals surface area (Å²) >= 11 is 0. The molecule has 0 amide bonds. The van der Waals surface area contributed by atoms with E-state index in [1.54, 1.807) is 0 Å². The number of hydrogen-bond donors (Lipinski definition) is 1. The first-order valence-electron chi connectivity index (χ1n) is 8.34. The lowest BCUT2D eigenvalue weighted by Crippen LogP contribution is -2.44. The molecule has 3 aliphatic rings. The van der Waals surface area contributed by atoms with Crippen LogP contribution in [-0.2, 0) is 0 Å². The summed E-state index contributed by atoms with van der Waals surface area (Å²) in [5, 5.41) is 3.71. The number of nitrogens with zero attached hydrogens (tertiary/aromatic N) is 1. The third-order valence-electron chi connectivity index (χ3n) is 5.85. The predicted octanol–water partition coefficient (Wildman–Crippen LogP) is 3.03. The average molecular weight is 250 g/mol. The zero-order chi connectivity index (χ0) is 12.4. The Morgan fingerprint density at radius 2 is 1.89 bits per heavy atom. The minimum atomic E-state index is 0.860. The van der Waals surface area contributed by atoms with Crippen LogP contribution >= 0.6 is 0 Å². The molecule has 0 aromatic heterocycles. The fourth-order valence-electron chi connectivity index (χ4n) is 4.55. The van der Waals surface area contributed by atoms with E-state index in [2.05, 4.69) is 17.1 Å². The smallest absolute Gasteiger partial charge is 0.00979 e. The Hall–Kier alpha value is -0.0800. The van der Waals surface area contributed by atoms with E-state index in [1.807, 2.05) is 0 Å². The molecule has 1 N–H and O–H groups in total. The average Bonchev–Trinajstić information content (AvgIpc) is 3.10. The van der Waals surface area contributed by atoms with Crippen LogP contribution in [0.15, 0.2) is 0 Å². The van der Waals surface area contributed by atoms with Crippen LogP contribution in [0.1, 0.15) is 58.3 Å². The number of piperidine rings is 1. The maximum Gasteiger partial charge on any atom is 0.00979 e. The Bertz CT molecular complexity index is 252. The Labute approximate surface area is 113 Å². The van der Waals surface area contributed by atoms with Crippen LogP contribution in [0.2, 0.25) is 0 Å². The number of likely N-dealkylation sites (tertiary alicyclic amines) is 1. The van der Waals surface area contributed by atoms with Gasteiger partial charge in [-0.2, -0.15) is 0 Å². The van der Waals surface area contributed by atoms with Gasteiger partial charge in [-0.25, -0.2) is 0 Å². The second-order valence-electron chi connectivity index (χ2n) is 6.82. The van der Waals surface area contributed by atoms with Gasteiger partial charge in [0.1, 0.15) is 0 Å². The molecule has 1 aliphatic carbocycles. The van der Waals surface area contributed by atoms with Gasteiger partial charge in [0.15, 0.2) is 0 Å². The summed E-state index contributed by atoms with van der Waals surface area (Å²) in [6.07, 6.45) is 11.6. The summed E-state index contributed by atoms with van der Waals surface area (Å²) in [5.74, 6) is 2.01. The molecule has 3 unspecified atom stereocenters. The molecule has 2 nitrogen and oxygen atoms in total. The largest absolute Gasteiger partial charge is 0.314 e. The number of hydrogen-bond acceptors (Lipinski definition) is 2. The molecule has 0 bridgehead atoms. The van der Waals surface area contributed by atoms with Crippen molar-refractivity contribution in [3.8, 4) is 0 Å². The van der Waals surface area contributed by atoms with Gasteiger partial charge in [0.25, 0.3) is 0 Å². The van der Waals surface area contributed by atoms with Crippen molar-refractivity contribution >= 4 is 0 Å². The molecule has 2 heterocycles. The van der Waals surface area contributed by atoms with Crippen molar-refractivity contribution in [2.45, 2.75) is 70.4 Å². The van der Waals surface area contributed by atoms with Gasteiger partial charge in [0.2, 0.25) is 0 Å². The van der Waals surface area contributed by atoms with Crippen LogP contribution in [-0.4, -0.2) is 36.6 Å². The van der Waals surface area contributed by atoms with Gasteiger partial charge in [0, 0.05) is 12.1 Å². The monoisotopic (exact) mass is 250 g/mol. The van der Waals surface area contributed by atoms with Gasteiger partial charge < -0.3 is 10.2 Å². The Balaban J connectivity index is 1.45. The minimum Gasteiger partial charge on any atom is -0.314 e. The molecule has 1 saturated carbocycles. The number of nitrogens with one attached hydrogen (secondary N) is 1. The first-order chi connectivity index (χ1) is 8.86. The molecule has 0 aromatic rings. The Kier molecular flexibility index (Phi) is 4.25. The van der Waals surface area contributed by atoms with Crippen molar-refractivity contribution in [1.82, 2.24) is 10.2 Å².